The van der Waals surface area contributed by atoms with Crippen LogP contribution in [0.5, 0.6) is 0 Å². The van der Waals surface area contributed by atoms with E-state index in [1.165, 1.54) is 24.3 Å². The van der Waals surface area contributed by atoms with Gasteiger partial charge in [0.1, 0.15) is 11.6 Å². The minimum Gasteiger partial charge on any atom is -0.267 e. The molecular weight excluding hydrogens is 346 g/mol. The predicted octanol–water partition coefficient (Wildman–Crippen LogP) is 2.80. The van der Waals surface area contributed by atoms with Gasteiger partial charge in [0.25, 0.3) is 11.8 Å². The van der Waals surface area contributed by atoms with Gasteiger partial charge in [0.2, 0.25) is 0 Å². The van der Waals surface area contributed by atoms with E-state index in [-0.39, 0.29) is 11.1 Å². The van der Waals surface area contributed by atoms with Crippen molar-refractivity contribution in [3.05, 3.63) is 69.7 Å². The van der Waals surface area contributed by atoms with Crippen LogP contribution < -0.4 is 10.9 Å². The lowest BCUT2D eigenvalue weighted by atomic mass is 10.2. The van der Waals surface area contributed by atoms with E-state index in [2.05, 4.69) is 26.8 Å². The Morgan fingerprint density at radius 3 is 2.14 bits per heavy atom. The van der Waals surface area contributed by atoms with Crippen molar-refractivity contribution in [1.29, 1.82) is 0 Å². The van der Waals surface area contributed by atoms with Crippen molar-refractivity contribution in [2.45, 2.75) is 0 Å². The molecule has 0 radical (unpaired) electrons. The second-order valence-corrected chi connectivity index (χ2v) is 4.95. The van der Waals surface area contributed by atoms with E-state index < -0.39 is 23.4 Å². The Hall–Kier alpha value is -2.28. The maximum absolute atomic E-state index is 13.5. The van der Waals surface area contributed by atoms with E-state index in [1.807, 2.05) is 0 Å². The topological polar surface area (TPSA) is 58.2 Å². The fraction of sp³-hybridized carbons (Fsp3) is 0. The molecule has 0 saturated carbocycles. The molecule has 0 fully saturated rings. The van der Waals surface area contributed by atoms with Crippen molar-refractivity contribution in [3.8, 4) is 0 Å². The fourth-order valence-electron chi connectivity index (χ4n) is 1.53. The molecule has 21 heavy (non-hydrogen) atoms. The molecule has 2 rings (SSSR count). The first-order chi connectivity index (χ1) is 9.97. The van der Waals surface area contributed by atoms with Crippen LogP contribution in [-0.2, 0) is 0 Å². The van der Waals surface area contributed by atoms with Crippen molar-refractivity contribution in [3.63, 3.8) is 0 Å². The molecule has 7 heteroatoms. The molecule has 2 aromatic rings. The zero-order chi connectivity index (χ0) is 15.4. The van der Waals surface area contributed by atoms with Gasteiger partial charge in [-0.3, -0.25) is 20.4 Å². The third-order valence-electron chi connectivity index (χ3n) is 2.57. The van der Waals surface area contributed by atoms with E-state index in [1.54, 1.807) is 0 Å². The number of nitrogens with one attached hydrogen (secondary N) is 2. The molecule has 2 amide bonds. The largest absolute Gasteiger partial charge is 0.272 e. The van der Waals surface area contributed by atoms with Crippen molar-refractivity contribution < 1.29 is 18.4 Å². The molecule has 0 heterocycles. The van der Waals surface area contributed by atoms with Crippen molar-refractivity contribution in [2.75, 3.05) is 0 Å². The molecule has 4 nitrogen and oxygen atoms in total. The summed E-state index contributed by atoms with van der Waals surface area (Å²) in [7, 11) is 0. The average molecular weight is 355 g/mol. The molecule has 0 aliphatic carbocycles. The quantitative estimate of drug-likeness (QED) is 0.814. The van der Waals surface area contributed by atoms with Gasteiger partial charge in [-0.2, -0.15) is 0 Å². The highest BCUT2D eigenvalue weighted by molar-refractivity contribution is 9.10. The molecule has 2 aromatic carbocycles. The molecular formula is C14H9BrF2N2O2. The van der Waals surface area contributed by atoms with Crippen LogP contribution in [0.15, 0.2) is 46.9 Å². The summed E-state index contributed by atoms with van der Waals surface area (Å²) in [5.74, 6) is -2.64. The third kappa shape index (κ3) is 3.85. The summed E-state index contributed by atoms with van der Waals surface area (Å²) < 4.78 is 26.8. The smallest absolute Gasteiger partial charge is 0.267 e. The maximum Gasteiger partial charge on any atom is 0.272 e. The van der Waals surface area contributed by atoms with Crippen LogP contribution in [-0.4, -0.2) is 11.8 Å². The molecule has 0 bridgehead atoms. The van der Waals surface area contributed by atoms with E-state index in [4.69, 9.17) is 0 Å². The van der Waals surface area contributed by atoms with Gasteiger partial charge in [-0.25, -0.2) is 8.78 Å². The fourth-order valence-corrected chi connectivity index (χ4v) is 1.86. The van der Waals surface area contributed by atoms with Gasteiger partial charge >= 0.3 is 0 Å². The second-order valence-electron chi connectivity index (χ2n) is 4.04. The van der Waals surface area contributed by atoms with E-state index in [9.17, 15) is 18.4 Å². The highest BCUT2D eigenvalue weighted by Gasteiger charge is 2.13. The number of carbonyl (C=O) groups excluding carboxylic acids is 2. The molecule has 0 aliphatic heterocycles. The molecule has 2 N–H and O–H groups in total. The number of benzene rings is 2. The van der Waals surface area contributed by atoms with Gasteiger partial charge in [-0.1, -0.05) is 15.9 Å². The zero-order valence-corrected chi connectivity index (χ0v) is 12.1. The van der Waals surface area contributed by atoms with Gasteiger partial charge < -0.3 is 0 Å². The number of rotatable bonds is 2. The first kappa shape index (κ1) is 15.1. The number of halogens is 3. The molecule has 0 aromatic heterocycles. The van der Waals surface area contributed by atoms with Crippen LogP contribution in [0, 0.1) is 11.6 Å². The second kappa shape index (κ2) is 6.45. The molecule has 0 spiro atoms. The average Bonchev–Trinajstić information content (AvgIpc) is 2.45. The van der Waals surface area contributed by atoms with Gasteiger partial charge in [0.05, 0.1) is 5.56 Å². The summed E-state index contributed by atoms with van der Waals surface area (Å²) in [6.45, 7) is 0. The maximum atomic E-state index is 13.5. The number of amides is 2. The van der Waals surface area contributed by atoms with Crippen LogP contribution in [0.4, 0.5) is 8.78 Å². The highest BCUT2D eigenvalue weighted by Crippen LogP contribution is 2.14. The normalized spacial score (nSPS) is 10.0. The number of carbonyl (C=O) groups is 2. The standard InChI is InChI=1S/C14H9BrF2N2O2/c15-9-3-6-11(12(17)7-9)14(21)19-18-13(20)8-1-4-10(16)5-2-8/h1-7H,(H,18,20)(H,19,21). The SMILES string of the molecule is O=C(NNC(=O)c1ccc(Br)cc1F)c1ccc(F)cc1. The Morgan fingerprint density at radius 2 is 1.52 bits per heavy atom. The van der Waals surface area contributed by atoms with Crippen molar-refractivity contribution >= 4 is 27.7 Å². The van der Waals surface area contributed by atoms with Gasteiger partial charge in [-0.05, 0) is 42.5 Å². The van der Waals surface area contributed by atoms with E-state index in [0.717, 1.165) is 18.2 Å². The Bertz CT molecular complexity index is 690. The Labute approximate surface area is 127 Å². The Morgan fingerprint density at radius 1 is 0.905 bits per heavy atom. The number of hydrazine groups is 1. The van der Waals surface area contributed by atoms with Crippen LogP contribution in [0.1, 0.15) is 20.7 Å². The molecule has 0 atom stereocenters. The van der Waals surface area contributed by atoms with Gasteiger partial charge in [-0.15, -0.1) is 0 Å². The van der Waals surface area contributed by atoms with Crippen LogP contribution in [0.2, 0.25) is 0 Å². The van der Waals surface area contributed by atoms with Crippen LogP contribution in [0.25, 0.3) is 0 Å². The Kier molecular flexibility index (Phi) is 4.64. The molecule has 0 aliphatic rings. The first-order valence-corrected chi connectivity index (χ1v) is 6.58. The summed E-state index contributed by atoms with van der Waals surface area (Å²) in [6.07, 6.45) is 0. The van der Waals surface area contributed by atoms with E-state index in [0.29, 0.717) is 4.47 Å². The monoisotopic (exact) mass is 354 g/mol. The Balaban J connectivity index is 2.00. The van der Waals surface area contributed by atoms with Gasteiger partial charge in [0, 0.05) is 10.0 Å². The minimum atomic E-state index is -0.796. The molecule has 0 unspecified atom stereocenters. The third-order valence-corrected chi connectivity index (χ3v) is 3.06. The summed E-state index contributed by atoms with van der Waals surface area (Å²) in [6, 6.07) is 8.67. The summed E-state index contributed by atoms with van der Waals surface area (Å²) in [5.41, 5.74) is 4.15. The van der Waals surface area contributed by atoms with Crippen LogP contribution in [0.3, 0.4) is 0 Å². The highest BCUT2D eigenvalue weighted by atomic mass is 79.9. The van der Waals surface area contributed by atoms with Gasteiger partial charge in [0.15, 0.2) is 0 Å². The lowest BCUT2D eigenvalue weighted by Gasteiger charge is -2.08. The predicted molar refractivity (Wildman–Crippen MR) is 75.4 cm³/mol. The van der Waals surface area contributed by atoms with Crippen LogP contribution >= 0.6 is 15.9 Å². The summed E-state index contributed by atoms with van der Waals surface area (Å²) in [4.78, 5) is 23.4. The summed E-state index contributed by atoms with van der Waals surface area (Å²) >= 11 is 3.07. The van der Waals surface area contributed by atoms with E-state index >= 15 is 0 Å². The summed E-state index contributed by atoms with van der Waals surface area (Å²) in [5, 5.41) is 0. The number of hydrogen-bond donors (Lipinski definition) is 2. The van der Waals surface area contributed by atoms with Crippen molar-refractivity contribution in [1.82, 2.24) is 10.9 Å². The lowest BCUT2D eigenvalue weighted by molar-refractivity contribution is 0.0844. The zero-order valence-electron chi connectivity index (χ0n) is 10.5. The number of hydrogen-bond acceptors (Lipinski definition) is 2. The first-order valence-electron chi connectivity index (χ1n) is 5.78. The lowest BCUT2D eigenvalue weighted by Crippen LogP contribution is -2.41. The molecule has 0 saturated heterocycles. The molecule has 108 valence electrons. The minimum absolute atomic E-state index is 0.160. The van der Waals surface area contributed by atoms with Crippen molar-refractivity contribution in [2.24, 2.45) is 0 Å².